The van der Waals surface area contributed by atoms with E-state index in [1.165, 1.54) is 47.3 Å². The minimum atomic E-state index is 0. The van der Waals surface area contributed by atoms with Gasteiger partial charge in [0, 0.05) is 21.1 Å². The maximum atomic E-state index is 1.33. The van der Waals surface area contributed by atoms with E-state index in [1.54, 1.807) is 0 Å². The van der Waals surface area contributed by atoms with Gasteiger partial charge in [0.05, 0.1) is 0 Å². The van der Waals surface area contributed by atoms with Gasteiger partial charge in [-0.05, 0) is 47.3 Å². The molecular formula is C8H8Pt. The molecule has 0 atom stereocenters. The van der Waals surface area contributed by atoms with Gasteiger partial charge in [-0.2, -0.15) is 0 Å². The van der Waals surface area contributed by atoms with Crippen molar-refractivity contribution >= 4 is 0 Å². The van der Waals surface area contributed by atoms with Crippen LogP contribution < -0.4 is 0 Å². The molecule has 6 fully saturated rings. The van der Waals surface area contributed by atoms with Gasteiger partial charge in [0.15, 0.2) is 0 Å². The number of rotatable bonds is 0. The summed E-state index contributed by atoms with van der Waals surface area (Å²) in [5, 5.41) is 0. The van der Waals surface area contributed by atoms with Crippen molar-refractivity contribution in [2.45, 2.75) is 0 Å². The van der Waals surface area contributed by atoms with Crippen LogP contribution in [-0.2, 0) is 21.1 Å². The third kappa shape index (κ3) is 0.164. The number of hydrogen-bond donors (Lipinski definition) is 0. The standard InChI is InChI=1S/C8H8.Pt/c1-2-5-3(1)7-4(1)6(2)8(5)7;/h1-8H;. The second kappa shape index (κ2) is 0.843. The summed E-state index contributed by atoms with van der Waals surface area (Å²) in [7, 11) is 0. The average Bonchev–Trinajstić information content (AvgIpc) is 1.90. The molecule has 0 N–H and O–H groups in total. The second-order valence-electron chi connectivity index (χ2n) is 4.62. The smallest absolute Gasteiger partial charge is 0 e. The first-order valence-corrected chi connectivity index (χ1v) is 4.00. The maximum Gasteiger partial charge on any atom is 0 e. The molecule has 0 aliphatic heterocycles. The minimum Gasteiger partial charge on any atom is -0.0312 e. The molecule has 0 aromatic rings. The van der Waals surface area contributed by atoms with Crippen molar-refractivity contribution in [3.8, 4) is 0 Å². The van der Waals surface area contributed by atoms with Crippen molar-refractivity contribution in [3.63, 3.8) is 0 Å². The van der Waals surface area contributed by atoms with E-state index in [-0.39, 0.29) is 21.1 Å². The first-order chi connectivity index (χ1) is 4.00. The van der Waals surface area contributed by atoms with E-state index in [0.29, 0.717) is 0 Å². The predicted molar refractivity (Wildman–Crippen MR) is 27.9 cm³/mol. The van der Waals surface area contributed by atoms with Crippen molar-refractivity contribution in [2.75, 3.05) is 0 Å². The molecule has 0 saturated heterocycles. The average molecular weight is 299 g/mol. The van der Waals surface area contributed by atoms with Gasteiger partial charge in [-0.3, -0.25) is 0 Å². The predicted octanol–water partition coefficient (Wildman–Crippen LogP) is 0.982. The normalized spacial score (nSPS) is 96.0. The molecule has 0 aromatic heterocycles. The molecule has 0 aromatic carbocycles. The summed E-state index contributed by atoms with van der Waals surface area (Å²) in [6, 6.07) is 0. The molecule has 0 radical (unpaired) electrons. The zero-order valence-corrected chi connectivity index (χ0v) is 7.21. The van der Waals surface area contributed by atoms with Gasteiger partial charge < -0.3 is 0 Å². The maximum absolute atomic E-state index is 1.33. The third-order valence-corrected chi connectivity index (χ3v) is 5.33. The minimum absolute atomic E-state index is 0. The Morgan fingerprint density at radius 3 is 0.556 bits per heavy atom. The summed E-state index contributed by atoms with van der Waals surface area (Å²) in [6.45, 7) is 0. The van der Waals surface area contributed by atoms with Crippen molar-refractivity contribution < 1.29 is 21.1 Å². The van der Waals surface area contributed by atoms with E-state index in [4.69, 9.17) is 0 Å². The Bertz CT molecular complexity index is 115. The van der Waals surface area contributed by atoms with Gasteiger partial charge >= 0.3 is 0 Å². The van der Waals surface area contributed by atoms with Crippen molar-refractivity contribution in [1.82, 2.24) is 0 Å². The van der Waals surface area contributed by atoms with Crippen molar-refractivity contribution in [1.29, 1.82) is 0 Å². The Balaban J connectivity index is 0.000000288. The fourth-order valence-electron chi connectivity index (χ4n) is 5.29. The van der Waals surface area contributed by atoms with E-state index >= 15 is 0 Å². The molecule has 1 heteroatoms. The Hall–Kier alpha value is 0.688. The van der Waals surface area contributed by atoms with Crippen LogP contribution in [0.2, 0.25) is 0 Å². The Morgan fingerprint density at radius 1 is 0.333 bits per heavy atom. The number of hydrogen-bond acceptors (Lipinski definition) is 0. The van der Waals surface area contributed by atoms with Gasteiger partial charge in [-0.15, -0.1) is 0 Å². The molecule has 0 bridgehead atoms. The molecule has 6 aliphatic carbocycles. The fraction of sp³-hybridized carbons (Fsp3) is 1.00. The van der Waals surface area contributed by atoms with Crippen LogP contribution in [0.4, 0.5) is 0 Å². The van der Waals surface area contributed by atoms with E-state index in [1.807, 2.05) is 0 Å². The zero-order valence-electron chi connectivity index (χ0n) is 4.94. The summed E-state index contributed by atoms with van der Waals surface area (Å²) in [4.78, 5) is 0. The first kappa shape index (κ1) is 4.54. The van der Waals surface area contributed by atoms with E-state index in [0.717, 1.165) is 0 Å². The Morgan fingerprint density at radius 2 is 0.444 bits per heavy atom. The zero-order chi connectivity index (χ0) is 4.62. The Labute approximate surface area is 68.7 Å². The van der Waals surface area contributed by atoms with Crippen molar-refractivity contribution in [3.05, 3.63) is 0 Å². The largest absolute Gasteiger partial charge is 0.0312 e. The van der Waals surface area contributed by atoms with Crippen LogP contribution in [-0.4, -0.2) is 0 Å². The fourth-order valence-corrected chi connectivity index (χ4v) is 5.29. The summed E-state index contributed by atoms with van der Waals surface area (Å²) in [5.41, 5.74) is 0. The third-order valence-electron chi connectivity index (χ3n) is 5.33. The van der Waals surface area contributed by atoms with E-state index in [2.05, 4.69) is 0 Å². The molecule has 0 nitrogen and oxygen atoms in total. The molecule has 9 heavy (non-hydrogen) atoms. The van der Waals surface area contributed by atoms with Crippen LogP contribution in [0.5, 0.6) is 0 Å². The molecule has 50 valence electrons. The monoisotopic (exact) mass is 299 g/mol. The van der Waals surface area contributed by atoms with Gasteiger partial charge in [0.1, 0.15) is 0 Å². The SMILES string of the molecule is C12C3C4C1C1C2C3C41.[Pt]. The van der Waals surface area contributed by atoms with E-state index < -0.39 is 0 Å². The van der Waals surface area contributed by atoms with Gasteiger partial charge in [-0.1, -0.05) is 0 Å². The summed E-state index contributed by atoms with van der Waals surface area (Å²) >= 11 is 0. The summed E-state index contributed by atoms with van der Waals surface area (Å²) in [5.74, 6) is 10.7. The molecule has 0 unspecified atom stereocenters. The molecule has 6 saturated carbocycles. The molecule has 0 amide bonds. The van der Waals surface area contributed by atoms with Gasteiger partial charge in [0.2, 0.25) is 0 Å². The molecule has 6 rings (SSSR count). The molecule has 0 heterocycles. The van der Waals surface area contributed by atoms with Crippen LogP contribution in [0, 0.1) is 47.3 Å². The topological polar surface area (TPSA) is 0 Å². The van der Waals surface area contributed by atoms with Crippen LogP contribution in [0.25, 0.3) is 0 Å². The van der Waals surface area contributed by atoms with Gasteiger partial charge in [-0.25, -0.2) is 0 Å². The first-order valence-electron chi connectivity index (χ1n) is 4.00. The van der Waals surface area contributed by atoms with Gasteiger partial charge in [0.25, 0.3) is 0 Å². The van der Waals surface area contributed by atoms with Crippen LogP contribution in [0.3, 0.4) is 0 Å². The second-order valence-corrected chi connectivity index (χ2v) is 4.62. The van der Waals surface area contributed by atoms with Crippen LogP contribution in [0.1, 0.15) is 0 Å². The van der Waals surface area contributed by atoms with E-state index in [9.17, 15) is 0 Å². The van der Waals surface area contributed by atoms with Crippen LogP contribution in [0.15, 0.2) is 0 Å². The summed E-state index contributed by atoms with van der Waals surface area (Å²) < 4.78 is 0. The Kier molecular flexibility index (Phi) is 0.425. The quantitative estimate of drug-likeness (QED) is 0.625. The van der Waals surface area contributed by atoms with Crippen LogP contribution >= 0.6 is 0 Å². The molecule has 6 aliphatic rings. The summed E-state index contributed by atoms with van der Waals surface area (Å²) in [6.07, 6.45) is 0. The molecular weight excluding hydrogens is 291 g/mol. The van der Waals surface area contributed by atoms with Crippen molar-refractivity contribution in [2.24, 2.45) is 47.3 Å². The molecule has 0 spiro atoms.